The first-order chi connectivity index (χ1) is 13.1. The minimum absolute atomic E-state index is 0.0504. The lowest BCUT2D eigenvalue weighted by Crippen LogP contribution is -2.49. The summed E-state index contributed by atoms with van der Waals surface area (Å²) in [7, 11) is 0. The van der Waals surface area contributed by atoms with Crippen molar-refractivity contribution in [3.63, 3.8) is 0 Å². The number of Topliss-reactive ketones (excluding diaryl/α,β-unsaturated/α-hetero) is 1. The zero-order valence-electron chi connectivity index (χ0n) is 14.7. The molecule has 0 radical (unpaired) electrons. The van der Waals surface area contributed by atoms with Gasteiger partial charge in [0, 0.05) is 37.3 Å². The Hall–Kier alpha value is -2.93. The third-order valence-corrected chi connectivity index (χ3v) is 4.81. The van der Waals surface area contributed by atoms with Gasteiger partial charge in [-0.3, -0.25) is 14.5 Å². The van der Waals surface area contributed by atoms with Gasteiger partial charge in [0.1, 0.15) is 5.82 Å². The van der Waals surface area contributed by atoms with Crippen LogP contribution in [0.15, 0.2) is 42.5 Å². The molecule has 0 saturated carbocycles. The van der Waals surface area contributed by atoms with Gasteiger partial charge >= 0.3 is 0 Å². The van der Waals surface area contributed by atoms with Crippen LogP contribution in [0.5, 0.6) is 11.5 Å². The van der Waals surface area contributed by atoms with E-state index in [4.69, 9.17) is 9.47 Å². The van der Waals surface area contributed by atoms with Gasteiger partial charge in [-0.25, -0.2) is 4.39 Å². The maximum Gasteiger partial charge on any atom is 0.254 e. The Morgan fingerprint density at radius 2 is 1.56 bits per heavy atom. The number of benzene rings is 2. The summed E-state index contributed by atoms with van der Waals surface area (Å²) in [6.07, 6.45) is 0. The molecule has 2 aromatic rings. The number of rotatable bonds is 4. The minimum atomic E-state index is -0.359. The molecule has 0 aliphatic carbocycles. The molecule has 1 saturated heterocycles. The van der Waals surface area contributed by atoms with Crippen molar-refractivity contribution in [1.82, 2.24) is 9.80 Å². The second-order valence-electron chi connectivity index (χ2n) is 6.57. The lowest BCUT2D eigenvalue weighted by atomic mass is 10.1. The highest BCUT2D eigenvalue weighted by Crippen LogP contribution is 2.32. The van der Waals surface area contributed by atoms with Gasteiger partial charge in [-0.15, -0.1) is 0 Å². The first-order valence-electron chi connectivity index (χ1n) is 8.80. The number of hydrogen-bond donors (Lipinski definition) is 0. The van der Waals surface area contributed by atoms with Crippen LogP contribution in [0.25, 0.3) is 0 Å². The van der Waals surface area contributed by atoms with Gasteiger partial charge in [-0.1, -0.05) is 0 Å². The van der Waals surface area contributed by atoms with Crippen molar-refractivity contribution in [1.29, 1.82) is 0 Å². The first kappa shape index (κ1) is 17.5. The SMILES string of the molecule is O=C(CN1CCN(C(=O)c2ccc3c(c2)OCO3)CC1)c1ccc(F)cc1. The molecule has 2 aliphatic rings. The number of fused-ring (bicyclic) bond motifs is 1. The van der Waals surface area contributed by atoms with Crippen molar-refractivity contribution in [2.24, 2.45) is 0 Å². The van der Waals surface area contributed by atoms with E-state index in [1.165, 1.54) is 24.3 Å². The Morgan fingerprint density at radius 3 is 2.30 bits per heavy atom. The second-order valence-corrected chi connectivity index (χ2v) is 6.57. The molecular formula is C20H19FN2O4. The highest BCUT2D eigenvalue weighted by atomic mass is 19.1. The van der Waals surface area contributed by atoms with E-state index in [0.717, 1.165) is 0 Å². The summed E-state index contributed by atoms with van der Waals surface area (Å²) in [5.74, 6) is 0.769. The number of hydrogen-bond acceptors (Lipinski definition) is 5. The van der Waals surface area contributed by atoms with Gasteiger partial charge in [0.15, 0.2) is 17.3 Å². The Balaban J connectivity index is 1.32. The smallest absolute Gasteiger partial charge is 0.254 e. The number of carbonyl (C=O) groups excluding carboxylic acids is 2. The molecule has 27 heavy (non-hydrogen) atoms. The number of ether oxygens (including phenoxy) is 2. The molecular weight excluding hydrogens is 351 g/mol. The number of amides is 1. The first-order valence-corrected chi connectivity index (χ1v) is 8.80. The normalized spacial score (nSPS) is 16.4. The Kier molecular flexibility index (Phi) is 4.77. The zero-order chi connectivity index (χ0) is 18.8. The van der Waals surface area contributed by atoms with Crippen LogP contribution >= 0.6 is 0 Å². The van der Waals surface area contributed by atoms with Crippen LogP contribution in [0.2, 0.25) is 0 Å². The highest BCUT2D eigenvalue weighted by molar-refractivity contribution is 5.97. The fourth-order valence-electron chi connectivity index (χ4n) is 3.25. The summed E-state index contributed by atoms with van der Waals surface area (Å²) in [4.78, 5) is 28.8. The van der Waals surface area contributed by atoms with Gasteiger partial charge < -0.3 is 14.4 Å². The van der Waals surface area contributed by atoms with Crippen molar-refractivity contribution in [3.05, 3.63) is 59.4 Å². The second kappa shape index (κ2) is 7.36. The number of ketones is 1. The minimum Gasteiger partial charge on any atom is -0.454 e. The monoisotopic (exact) mass is 370 g/mol. The van der Waals surface area contributed by atoms with Crippen molar-refractivity contribution < 1.29 is 23.5 Å². The molecule has 7 heteroatoms. The largest absolute Gasteiger partial charge is 0.454 e. The van der Waals surface area contributed by atoms with Crippen LogP contribution < -0.4 is 9.47 Å². The quantitative estimate of drug-likeness (QED) is 0.773. The van der Waals surface area contributed by atoms with Gasteiger partial charge in [0.25, 0.3) is 5.91 Å². The highest BCUT2D eigenvalue weighted by Gasteiger charge is 2.25. The number of carbonyl (C=O) groups is 2. The Bertz CT molecular complexity index is 861. The molecule has 0 unspecified atom stereocenters. The maximum atomic E-state index is 13.0. The van der Waals surface area contributed by atoms with Crippen LogP contribution in [-0.4, -0.2) is 61.0 Å². The molecule has 0 bridgehead atoms. The van der Waals surface area contributed by atoms with Gasteiger partial charge in [-0.05, 0) is 42.5 Å². The van der Waals surface area contributed by atoms with Gasteiger partial charge in [-0.2, -0.15) is 0 Å². The van der Waals surface area contributed by atoms with E-state index in [1.807, 2.05) is 4.90 Å². The van der Waals surface area contributed by atoms with Crippen molar-refractivity contribution in [2.45, 2.75) is 0 Å². The molecule has 2 aliphatic heterocycles. The van der Waals surface area contributed by atoms with Crippen molar-refractivity contribution >= 4 is 11.7 Å². The fraction of sp³-hybridized carbons (Fsp3) is 0.300. The molecule has 1 fully saturated rings. The summed E-state index contributed by atoms with van der Waals surface area (Å²) in [5, 5.41) is 0. The number of halogens is 1. The van der Waals surface area contributed by atoms with Crippen molar-refractivity contribution in [3.8, 4) is 11.5 Å². The standard InChI is InChI=1S/C20H19FN2O4/c21-16-4-1-14(2-5-16)17(24)12-22-7-9-23(10-8-22)20(25)15-3-6-18-19(11-15)27-13-26-18/h1-6,11H,7-10,12-13H2. The molecule has 0 spiro atoms. The molecule has 1 amide bonds. The fourth-order valence-corrected chi connectivity index (χ4v) is 3.25. The molecule has 0 N–H and O–H groups in total. The molecule has 140 valence electrons. The summed E-state index contributed by atoms with van der Waals surface area (Å²) < 4.78 is 23.6. The number of nitrogens with zero attached hydrogens (tertiary/aromatic N) is 2. The van der Waals surface area contributed by atoms with Crippen LogP contribution in [-0.2, 0) is 0 Å². The van der Waals surface area contributed by atoms with E-state index < -0.39 is 0 Å². The molecule has 6 nitrogen and oxygen atoms in total. The topological polar surface area (TPSA) is 59.1 Å². The summed E-state index contributed by atoms with van der Waals surface area (Å²) in [6, 6.07) is 10.8. The third kappa shape index (κ3) is 3.78. The summed E-state index contributed by atoms with van der Waals surface area (Å²) >= 11 is 0. The molecule has 0 aromatic heterocycles. The predicted octanol–water partition coefficient (Wildman–Crippen LogP) is 2.20. The van der Waals surface area contributed by atoms with Crippen molar-refractivity contribution in [2.75, 3.05) is 39.5 Å². The van der Waals surface area contributed by atoms with Gasteiger partial charge in [0.2, 0.25) is 6.79 Å². The predicted molar refractivity (Wildman–Crippen MR) is 95.6 cm³/mol. The summed E-state index contributed by atoms with van der Waals surface area (Å²) in [6.45, 7) is 2.76. The van der Waals surface area contributed by atoms with E-state index in [1.54, 1.807) is 23.1 Å². The third-order valence-electron chi connectivity index (χ3n) is 4.81. The maximum absolute atomic E-state index is 13.0. The van der Waals surface area contributed by atoms with Crippen LogP contribution in [0.4, 0.5) is 4.39 Å². The van der Waals surface area contributed by atoms with E-state index in [0.29, 0.717) is 48.8 Å². The Morgan fingerprint density at radius 1 is 0.889 bits per heavy atom. The molecule has 4 rings (SSSR count). The average molecular weight is 370 g/mol. The van der Waals surface area contributed by atoms with E-state index >= 15 is 0 Å². The van der Waals surface area contributed by atoms with Crippen LogP contribution in [0.3, 0.4) is 0 Å². The number of piperazine rings is 1. The van der Waals surface area contributed by atoms with Gasteiger partial charge in [0.05, 0.1) is 6.54 Å². The van der Waals surface area contributed by atoms with E-state index in [9.17, 15) is 14.0 Å². The summed E-state index contributed by atoms with van der Waals surface area (Å²) in [5.41, 5.74) is 1.06. The van der Waals surface area contributed by atoms with E-state index in [2.05, 4.69) is 0 Å². The Labute approximate surface area is 156 Å². The van der Waals surface area contributed by atoms with Crippen LogP contribution in [0.1, 0.15) is 20.7 Å². The van der Waals surface area contributed by atoms with Crippen LogP contribution in [0, 0.1) is 5.82 Å². The van der Waals surface area contributed by atoms with E-state index in [-0.39, 0.29) is 30.8 Å². The molecule has 2 aromatic carbocycles. The average Bonchev–Trinajstić information content (AvgIpc) is 3.16. The zero-order valence-corrected chi connectivity index (χ0v) is 14.7. The molecule has 2 heterocycles. The molecule has 0 atom stereocenters. The lowest BCUT2D eigenvalue weighted by molar-refractivity contribution is 0.0624. The lowest BCUT2D eigenvalue weighted by Gasteiger charge is -2.34.